The van der Waals surface area contributed by atoms with E-state index >= 15 is 0 Å². The number of carbonyl (C=O) groups is 2. The molecule has 37 heavy (non-hydrogen) atoms. The molecular formula is C29H35N5O3. The van der Waals surface area contributed by atoms with Crippen molar-refractivity contribution in [2.75, 3.05) is 0 Å². The Kier molecular flexibility index (Phi) is 5.06. The number of hydrogen-bond donors (Lipinski definition) is 3. The zero-order valence-corrected chi connectivity index (χ0v) is 21.1. The van der Waals surface area contributed by atoms with Gasteiger partial charge in [0.05, 0.1) is 12.1 Å². The first-order valence-electron chi connectivity index (χ1n) is 13.8. The minimum Gasteiger partial charge on any atom is -0.458 e. The summed E-state index contributed by atoms with van der Waals surface area (Å²) in [6.07, 6.45) is 9.26. The first kappa shape index (κ1) is 23.2. The fourth-order valence-corrected chi connectivity index (χ4v) is 8.95. The Labute approximate surface area is 216 Å². The summed E-state index contributed by atoms with van der Waals surface area (Å²) in [5, 5.41) is 10.7. The summed E-state index contributed by atoms with van der Waals surface area (Å²) in [4.78, 5) is 32.1. The molecule has 8 rings (SSSR count). The normalized spacial score (nSPS) is 38.7. The molecule has 0 radical (unpaired) electrons. The molecule has 1 amide bonds. The lowest BCUT2D eigenvalue weighted by atomic mass is 9.46. The third-order valence-electron chi connectivity index (χ3n) is 10.2. The molecule has 1 saturated heterocycles. The van der Waals surface area contributed by atoms with Gasteiger partial charge in [0, 0.05) is 29.6 Å². The summed E-state index contributed by atoms with van der Waals surface area (Å²) in [6.45, 7) is 0. The van der Waals surface area contributed by atoms with E-state index in [9.17, 15) is 14.9 Å². The van der Waals surface area contributed by atoms with Crippen LogP contribution in [0, 0.1) is 34.5 Å². The number of ether oxygens (including phenoxy) is 1. The molecule has 194 valence electrons. The number of fused-ring (bicyclic) bond motifs is 2. The van der Waals surface area contributed by atoms with Crippen LogP contribution in [-0.4, -0.2) is 51.5 Å². The van der Waals surface area contributed by atoms with Crippen molar-refractivity contribution in [2.45, 2.75) is 87.6 Å². The van der Waals surface area contributed by atoms with E-state index in [2.05, 4.69) is 11.1 Å². The third kappa shape index (κ3) is 3.62. The van der Waals surface area contributed by atoms with Gasteiger partial charge in [0.15, 0.2) is 0 Å². The molecule has 5 N–H and O–H groups in total. The lowest BCUT2D eigenvalue weighted by Crippen LogP contribution is -2.66. The van der Waals surface area contributed by atoms with Crippen LogP contribution in [0.5, 0.6) is 0 Å². The molecule has 6 fully saturated rings. The standard InChI is InChI=1S/C29H35N5O3/c30-13-20-6-18-8-24(18)34(20)26(35)25(32)28-9-16-5-17(10-28)12-29(11-16,15-28)37-27(36)22(31)7-19-14-33-23-4-2-1-3-21(19)23/h1-4,14,16-18,20,22,24-25,33H,5-12,15,31-32H2/t16-,17?,18?,20-,22?,24?,25+,28?,29?/m0/s1. The lowest BCUT2D eigenvalue weighted by Gasteiger charge is -2.62. The minimum atomic E-state index is -0.758. The SMILES string of the molecule is N#C[C@@H]1CC2CC2N1C(=O)[C@@H](N)C12CC3C[C@H](CC(OC(=O)C(N)Cc4c[nH]c5ccccc45)(C3)C1)C2. The van der Waals surface area contributed by atoms with E-state index in [4.69, 9.17) is 16.2 Å². The van der Waals surface area contributed by atoms with E-state index in [-0.39, 0.29) is 29.4 Å². The third-order valence-corrected chi connectivity index (χ3v) is 10.2. The van der Waals surface area contributed by atoms with Crippen LogP contribution in [0.3, 0.4) is 0 Å². The zero-order valence-electron chi connectivity index (χ0n) is 21.1. The van der Waals surface area contributed by atoms with E-state index in [1.807, 2.05) is 30.5 Å². The van der Waals surface area contributed by atoms with E-state index < -0.39 is 17.7 Å². The maximum Gasteiger partial charge on any atom is 0.323 e. The van der Waals surface area contributed by atoms with Crippen molar-refractivity contribution < 1.29 is 14.3 Å². The fourth-order valence-electron chi connectivity index (χ4n) is 8.95. The molecule has 1 aliphatic heterocycles. The van der Waals surface area contributed by atoms with Gasteiger partial charge in [-0.15, -0.1) is 0 Å². The van der Waals surface area contributed by atoms with Crippen LogP contribution in [0.1, 0.15) is 56.9 Å². The molecule has 1 aromatic carbocycles. The number of piperidine rings is 1. The molecule has 9 atom stereocenters. The van der Waals surface area contributed by atoms with Gasteiger partial charge in [0.25, 0.3) is 0 Å². The molecule has 6 unspecified atom stereocenters. The number of hydrogen-bond acceptors (Lipinski definition) is 6. The van der Waals surface area contributed by atoms with Crippen molar-refractivity contribution in [1.29, 1.82) is 5.26 Å². The average molecular weight is 502 g/mol. The highest BCUT2D eigenvalue weighted by atomic mass is 16.6. The second kappa shape index (κ2) is 8.05. The summed E-state index contributed by atoms with van der Waals surface area (Å²) in [5.41, 5.74) is 14.3. The number of aromatic nitrogens is 1. The summed E-state index contributed by atoms with van der Waals surface area (Å²) >= 11 is 0. The number of para-hydroxylation sites is 1. The number of rotatable bonds is 6. The number of nitriles is 1. The van der Waals surface area contributed by atoms with E-state index in [0.29, 0.717) is 30.6 Å². The summed E-state index contributed by atoms with van der Waals surface area (Å²) in [7, 11) is 0. The number of nitrogens with one attached hydrogen (secondary N) is 1. The fraction of sp³-hybridized carbons (Fsp3) is 0.621. The molecule has 2 aromatic rings. The smallest absolute Gasteiger partial charge is 0.323 e. The molecule has 4 bridgehead atoms. The largest absolute Gasteiger partial charge is 0.458 e. The monoisotopic (exact) mass is 501 g/mol. The average Bonchev–Trinajstić information content (AvgIpc) is 3.35. The van der Waals surface area contributed by atoms with Crippen LogP contribution < -0.4 is 11.5 Å². The van der Waals surface area contributed by atoms with Gasteiger partial charge in [-0.05, 0) is 86.2 Å². The zero-order chi connectivity index (χ0) is 25.5. The first-order valence-corrected chi connectivity index (χ1v) is 13.8. The Morgan fingerprint density at radius 3 is 2.65 bits per heavy atom. The van der Waals surface area contributed by atoms with Crippen molar-refractivity contribution in [2.24, 2.45) is 34.6 Å². The molecule has 5 saturated carbocycles. The van der Waals surface area contributed by atoms with Gasteiger partial charge in [0.1, 0.15) is 17.7 Å². The van der Waals surface area contributed by atoms with Crippen molar-refractivity contribution >= 4 is 22.8 Å². The maximum atomic E-state index is 13.7. The summed E-state index contributed by atoms with van der Waals surface area (Å²) in [5.74, 6) is 0.819. The van der Waals surface area contributed by atoms with Gasteiger partial charge in [-0.2, -0.15) is 5.26 Å². The number of carbonyl (C=O) groups excluding carboxylic acids is 2. The van der Waals surface area contributed by atoms with Crippen molar-refractivity contribution in [1.82, 2.24) is 9.88 Å². The number of benzene rings is 1. The number of nitrogens with zero attached hydrogens (tertiary/aromatic N) is 2. The van der Waals surface area contributed by atoms with E-state index in [1.54, 1.807) is 4.90 Å². The van der Waals surface area contributed by atoms with Gasteiger partial charge in [-0.1, -0.05) is 18.2 Å². The summed E-state index contributed by atoms with van der Waals surface area (Å²) in [6, 6.07) is 8.72. The van der Waals surface area contributed by atoms with Crippen LogP contribution in [0.25, 0.3) is 10.9 Å². The number of likely N-dealkylation sites (tertiary alicyclic amines) is 1. The topological polar surface area (TPSA) is 138 Å². The van der Waals surface area contributed by atoms with Gasteiger partial charge in [-0.25, -0.2) is 0 Å². The molecule has 8 heteroatoms. The predicted molar refractivity (Wildman–Crippen MR) is 137 cm³/mol. The first-order chi connectivity index (χ1) is 17.8. The van der Waals surface area contributed by atoms with Crippen molar-refractivity contribution in [3.05, 3.63) is 36.0 Å². The lowest BCUT2D eigenvalue weighted by molar-refractivity contribution is -0.206. The van der Waals surface area contributed by atoms with Crippen LogP contribution >= 0.6 is 0 Å². The van der Waals surface area contributed by atoms with Gasteiger partial charge in [-0.3, -0.25) is 9.59 Å². The Bertz CT molecular complexity index is 1300. The van der Waals surface area contributed by atoms with Gasteiger partial charge >= 0.3 is 5.97 Å². The summed E-state index contributed by atoms with van der Waals surface area (Å²) < 4.78 is 6.32. The van der Waals surface area contributed by atoms with E-state index in [1.165, 1.54) is 0 Å². The number of esters is 1. The molecule has 0 spiro atoms. The number of amides is 1. The highest BCUT2D eigenvalue weighted by molar-refractivity contribution is 5.85. The second-order valence-corrected chi connectivity index (χ2v) is 12.8. The van der Waals surface area contributed by atoms with Crippen LogP contribution in [0.2, 0.25) is 0 Å². The Balaban J connectivity index is 1.09. The molecular weight excluding hydrogens is 466 g/mol. The maximum absolute atomic E-state index is 13.7. The minimum absolute atomic E-state index is 0.0731. The highest BCUT2D eigenvalue weighted by Gasteiger charge is 2.64. The molecule has 6 aliphatic rings. The van der Waals surface area contributed by atoms with Crippen LogP contribution in [-0.2, 0) is 20.7 Å². The highest BCUT2D eigenvalue weighted by Crippen LogP contribution is 2.64. The Hall–Kier alpha value is -2.89. The van der Waals surface area contributed by atoms with Crippen molar-refractivity contribution in [3.63, 3.8) is 0 Å². The Morgan fingerprint density at radius 2 is 1.89 bits per heavy atom. The molecule has 5 aliphatic carbocycles. The molecule has 1 aromatic heterocycles. The molecule has 8 nitrogen and oxygen atoms in total. The number of aromatic amines is 1. The second-order valence-electron chi connectivity index (χ2n) is 12.8. The molecule has 2 heterocycles. The number of H-pyrrole nitrogens is 1. The van der Waals surface area contributed by atoms with Crippen LogP contribution in [0.4, 0.5) is 0 Å². The van der Waals surface area contributed by atoms with Gasteiger partial charge < -0.3 is 26.1 Å². The Morgan fingerprint density at radius 1 is 1.14 bits per heavy atom. The number of nitrogens with two attached hydrogens (primary N) is 2. The van der Waals surface area contributed by atoms with Crippen LogP contribution in [0.15, 0.2) is 30.5 Å². The quantitative estimate of drug-likeness (QED) is 0.520. The van der Waals surface area contributed by atoms with Crippen molar-refractivity contribution in [3.8, 4) is 6.07 Å². The van der Waals surface area contributed by atoms with E-state index in [0.717, 1.165) is 61.4 Å². The van der Waals surface area contributed by atoms with Gasteiger partial charge in [0.2, 0.25) is 5.91 Å². The predicted octanol–water partition coefficient (Wildman–Crippen LogP) is 2.76.